The minimum absolute atomic E-state index is 0.234. The summed E-state index contributed by atoms with van der Waals surface area (Å²) in [5.41, 5.74) is 5.36. The Balaban J connectivity index is 1.90. The lowest BCUT2D eigenvalue weighted by Gasteiger charge is -2.18. The molecule has 6 nitrogen and oxygen atoms in total. The maximum Gasteiger partial charge on any atom is 0.255 e. The van der Waals surface area contributed by atoms with Crippen LogP contribution in [-0.4, -0.2) is 44.2 Å². The first kappa shape index (κ1) is 19.8. The van der Waals surface area contributed by atoms with Crippen LogP contribution in [0.5, 0.6) is 0 Å². The molecule has 0 fully saturated rings. The molecule has 138 valence electrons. The Morgan fingerprint density at radius 3 is 2.38 bits per heavy atom. The average Bonchev–Trinajstić information content (AvgIpc) is 2.60. The highest BCUT2D eigenvalue weighted by atomic mass is 32.2. The van der Waals surface area contributed by atoms with Crippen molar-refractivity contribution in [2.24, 2.45) is 5.10 Å². The second-order valence-electron chi connectivity index (χ2n) is 6.04. The molecule has 0 aromatic heterocycles. The second-order valence-corrected chi connectivity index (χ2v) is 8.02. The van der Waals surface area contributed by atoms with E-state index in [1.165, 1.54) is 6.21 Å². The second kappa shape index (κ2) is 9.26. The van der Waals surface area contributed by atoms with E-state index in [9.17, 15) is 13.2 Å². The highest BCUT2D eigenvalue weighted by Gasteiger charge is 2.19. The summed E-state index contributed by atoms with van der Waals surface area (Å²) in [4.78, 5) is 12.0. The van der Waals surface area contributed by atoms with Crippen LogP contribution in [0.1, 0.15) is 16.7 Å². The van der Waals surface area contributed by atoms with E-state index in [0.29, 0.717) is 6.42 Å². The molecular weight excluding hydrogens is 350 g/mol. The first-order valence-electron chi connectivity index (χ1n) is 8.22. The standard InChI is InChI=1S/C19H23N3O3S/c1-16-8-10-18(11-9-16)14-20-21-19(23)15-22(26(2,24)25)13-12-17-6-4-3-5-7-17/h3-11,14H,12-13,15H2,1-2H3,(H,21,23). The number of carbonyl (C=O) groups is 1. The van der Waals surface area contributed by atoms with Gasteiger partial charge in [0.05, 0.1) is 19.0 Å². The number of hydrogen-bond acceptors (Lipinski definition) is 4. The van der Waals surface area contributed by atoms with Gasteiger partial charge in [0.15, 0.2) is 0 Å². The van der Waals surface area contributed by atoms with Crippen LogP contribution in [0.25, 0.3) is 0 Å². The number of amides is 1. The number of hydrazone groups is 1. The zero-order valence-corrected chi connectivity index (χ0v) is 15.7. The van der Waals surface area contributed by atoms with E-state index in [1.807, 2.05) is 61.5 Å². The van der Waals surface area contributed by atoms with E-state index in [0.717, 1.165) is 27.3 Å². The molecule has 0 saturated heterocycles. The summed E-state index contributed by atoms with van der Waals surface area (Å²) in [6.07, 6.45) is 3.15. The van der Waals surface area contributed by atoms with Crippen molar-refractivity contribution in [1.29, 1.82) is 0 Å². The number of aryl methyl sites for hydroxylation is 1. The van der Waals surface area contributed by atoms with Gasteiger partial charge in [-0.3, -0.25) is 4.79 Å². The molecule has 2 aromatic rings. The van der Waals surface area contributed by atoms with Crippen LogP contribution in [0, 0.1) is 6.92 Å². The van der Waals surface area contributed by atoms with E-state index in [1.54, 1.807) is 0 Å². The number of carbonyl (C=O) groups excluding carboxylic acids is 1. The number of rotatable bonds is 8. The van der Waals surface area contributed by atoms with Crippen LogP contribution in [-0.2, 0) is 21.2 Å². The van der Waals surface area contributed by atoms with Crippen molar-refractivity contribution in [3.63, 3.8) is 0 Å². The van der Waals surface area contributed by atoms with Gasteiger partial charge < -0.3 is 0 Å². The van der Waals surface area contributed by atoms with Crippen molar-refractivity contribution in [3.05, 3.63) is 71.3 Å². The molecule has 26 heavy (non-hydrogen) atoms. The Kier molecular flexibility index (Phi) is 7.06. The van der Waals surface area contributed by atoms with Crippen LogP contribution in [0.4, 0.5) is 0 Å². The average molecular weight is 373 g/mol. The molecule has 0 saturated carbocycles. The molecule has 0 heterocycles. The lowest BCUT2D eigenvalue weighted by molar-refractivity contribution is -0.121. The van der Waals surface area contributed by atoms with Gasteiger partial charge in [-0.2, -0.15) is 9.41 Å². The van der Waals surface area contributed by atoms with Gasteiger partial charge in [-0.25, -0.2) is 13.8 Å². The first-order valence-corrected chi connectivity index (χ1v) is 10.1. The molecule has 1 N–H and O–H groups in total. The minimum Gasteiger partial charge on any atom is -0.272 e. The Morgan fingerprint density at radius 2 is 1.77 bits per heavy atom. The van der Waals surface area contributed by atoms with E-state index in [4.69, 9.17) is 0 Å². The first-order chi connectivity index (χ1) is 12.3. The predicted molar refractivity (Wildman–Crippen MR) is 103 cm³/mol. The summed E-state index contributed by atoms with van der Waals surface area (Å²) in [5.74, 6) is -0.480. The van der Waals surface area contributed by atoms with Crippen molar-refractivity contribution >= 4 is 22.1 Å². The molecule has 0 aliphatic rings. The number of hydrogen-bond donors (Lipinski definition) is 1. The molecule has 0 unspecified atom stereocenters. The minimum atomic E-state index is -3.49. The van der Waals surface area contributed by atoms with E-state index in [2.05, 4.69) is 10.5 Å². The maximum absolute atomic E-state index is 12.0. The van der Waals surface area contributed by atoms with Crippen LogP contribution >= 0.6 is 0 Å². The molecular formula is C19H23N3O3S. The third-order valence-electron chi connectivity index (χ3n) is 3.76. The topological polar surface area (TPSA) is 78.8 Å². The van der Waals surface area contributed by atoms with Crippen molar-refractivity contribution in [2.75, 3.05) is 19.3 Å². The molecule has 7 heteroatoms. The van der Waals surface area contributed by atoms with Gasteiger partial charge in [-0.15, -0.1) is 0 Å². The van der Waals surface area contributed by atoms with Gasteiger partial charge in [-0.1, -0.05) is 60.2 Å². The summed E-state index contributed by atoms with van der Waals surface area (Å²) in [7, 11) is -3.49. The monoisotopic (exact) mass is 373 g/mol. The predicted octanol–water partition coefficient (Wildman–Crippen LogP) is 1.95. The fraction of sp³-hybridized carbons (Fsp3) is 0.263. The smallest absolute Gasteiger partial charge is 0.255 e. The lowest BCUT2D eigenvalue weighted by atomic mass is 10.1. The Morgan fingerprint density at radius 1 is 1.12 bits per heavy atom. The van der Waals surface area contributed by atoms with Crippen molar-refractivity contribution < 1.29 is 13.2 Å². The number of nitrogens with zero attached hydrogens (tertiary/aromatic N) is 2. The Labute approximate surface area is 154 Å². The SMILES string of the molecule is Cc1ccc(C=NNC(=O)CN(CCc2ccccc2)S(C)(=O)=O)cc1. The summed E-state index contributed by atoms with van der Waals surface area (Å²) in [6, 6.07) is 17.2. The van der Waals surface area contributed by atoms with Crippen LogP contribution < -0.4 is 5.43 Å². The van der Waals surface area contributed by atoms with Crippen molar-refractivity contribution in [3.8, 4) is 0 Å². The Bertz CT molecular complexity index is 847. The molecule has 2 aromatic carbocycles. The normalized spacial score (nSPS) is 11.8. The molecule has 0 bridgehead atoms. The highest BCUT2D eigenvalue weighted by Crippen LogP contribution is 2.05. The molecule has 1 amide bonds. The highest BCUT2D eigenvalue weighted by molar-refractivity contribution is 7.88. The van der Waals surface area contributed by atoms with E-state index >= 15 is 0 Å². The molecule has 2 rings (SSSR count). The van der Waals surface area contributed by atoms with Crippen LogP contribution in [0.3, 0.4) is 0 Å². The van der Waals surface area contributed by atoms with Gasteiger partial charge in [0.25, 0.3) is 5.91 Å². The maximum atomic E-state index is 12.0. The molecule has 0 spiro atoms. The van der Waals surface area contributed by atoms with Crippen LogP contribution in [0.15, 0.2) is 59.7 Å². The molecule has 0 radical (unpaired) electrons. The molecule has 0 aliphatic heterocycles. The van der Waals surface area contributed by atoms with Gasteiger partial charge >= 0.3 is 0 Å². The van der Waals surface area contributed by atoms with Gasteiger partial charge in [0.2, 0.25) is 10.0 Å². The number of sulfonamides is 1. The zero-order valence-electron chi connectivity index (χ0n) is 14.9. The van der Waals surface area contributed by atoms with Crippen molar-refractivity contribution in [2.45, 2.75) is 13.3 Å². The van der Waals surface area contributed by atoms with Gasteiger partial charge in [0.1, 0.15) is 0 Å². The van der Waals surface area contributed by atoms with E-state index in [-0.39, 0.29) is 13.1 Å². The summed E-state index contributed by atoms with van der Waals surface area (Å²) < 4.78 is 25.0. The van der Waals surface area contributed by atoms with Gasteiger partial charge in [0, 0.05) is 6.54 Å². The zero-order chi connectivity index (χ0) is 19.0. The quantitative estimate of drug-likeness (QED) is 0.567. The fourth-order valence-corrected chi connectivity index (χ4v) is 3.06. The number of nitrogens with one attached hydrogen (secondary N) is 1. The summed E-state index contributed by atoms with van der Waals surface area (Å²) >= 11 is 0. The fourth-order valence-electron chi connectivity index (χ4n) is 2.29. The summed E-state index contributed by atoms with van der Waals surface area (Å²) in [5, 5.41) is 3.88. The summed E-state index contributed by atoms with van der Waals surface area (Å²) in [6.45, 7) is 1.95. The van der Waals surface area contributed by atoms with Crippen molar-refractivity contribution in [1.82, 2.24) is 9.73 Å². The van der Waals surface area contributed by atoms with Crippen LogP contribution in [0.2, 0.25) is 0 Å². The number of benzene rings is 2. The lowest BCUT2D eigenvalue weighted by Crippen LogP contribution is -2.40. The molecule has 0 atom stereocenters. The van der Waals surface area contributed by atoms with E-state index < -0.39 is 15.9 Å². The Hall–Kier alpha value is -2.51. The molecule has 0 aliphatic carbocycles. The third kappa shape index (κ3) is 6.78. The van der Waals surface area contributed by atoms with Gasteiger partial charge in [-0.05, 0) is 24.5 Å². The third-order valence-corrected chi connectivity index (χ3v) is 5.01. The largest absolute Gasteiger partial charge is 0.272 e.